The van der Waals surface area contributed by atoms with Crippen LogP contribution in [0.15, 0.2) is 115 Å². The average molecular weight is 948 g/mol. The highest BCUT2D eigenvalue weighted by atomic mass is 32.2. The van der Waals surface area contributed by atoms with Gasteiger partial charge in [-0.2, -0.15) is 13.2 Å². The van der Waals surface area contributed by atoms with Gasteiger partial charge in [-0.25, -0.2) is 4.90 Å². The van der Waals surface area contributed by atoms with Crippen molar-refractivity contribution in [1.82, 2.24) is 0 Å². The highest BCUT2D eigenvalue weighted by molar-refractivity contribution is 7.79. The van der Waals surface area contributed by atoms with Crippen LogP contribution < -0.4 is 9.64 Å². The molecule has 4 unspecified atom stereocenters. The molecule has 2 amide bonds. The quantitative estimate of drug-likeness (QED) is 0.0943. The van der Waals surface area contributed by atoms with E-state index in [1.807, 2.05) is 25.1 Å². The first-order chi connectivity index (χ1) is 31.1. The van der Waals surface area contributed by atoms with E-state index in [9.17, 15) is 40.3 Å². The number of anilines is 1. The van der Waals surface area contributed by atoms with E-state index in [2.05, 4.69) is 81.4 Å². The van der Waals surface area contributed by atoms with Crippen molar-refractivity contribution in [3.8, 4) is 5.75 Å². The molecule has 0 saturated carbocycles. The number of carbonyl (C=O) groups is 2. The van der Waals surface area contributed by atoms with E-state index >= 15 is 0 Å². The zero-order valence-electron chi connectivity index (χ0n) is 38.8. The molecule has 0 N–H and O–H groups in total. The molecule has 0 aromatic heterocycles. The van der Waals surface area contributed by atoms with Gasteiger partial charge >= 0.3 is 6.18 Å². The molecule has 7 rings (SSSR count). The smallest absolute Gasteiger partial charge is 0.416 e. The van der Waals surface area contributed by atoms with E-state index in [0.717, 1.165) is 72.6 Å². The number of hydrogen-bond acceptors (Lipinski definition) is 8. The summed E-state index contributed by atoms with van der Waals surface area (Å²) in [6.07, 6.45) is 1.94. The molecule has 2 aliphatic heterocycles. The van der Waals surface area contributed by atoms with Crippen LogP contribution in [0, 0.1) is 13.8 Å². The van der Waals surface area contributed by atoms with Gasteiger partial charge in [0.15, 0.2) is 0 Å². The maximum absolute atomic E-state index is 12.8. The lowest BCUT2D eigenvalue weighted by atomic mass is 10.00. The summed E-state index contributed by atoms with van der Waals surface area (Å²) in [6, 6.07) is 34.8. The number of ether oxygens (including phenoxy) is 2. The fourth-order valence-corrected chi connectivity index (χ4v) is 6.93. The number of benzene rings is 5. The third kappa shape index (κ3) is 17.0. The van der Waals surface area contributed by atoms with Gasteiger partial charge < -0.3 is 18.6 Å². The van der Waals surface area contributed by atoms with Crippen molar-refractivity contribution in [2.45, 2.75) is 129 Å². The number of alkyl halides is 3. The molecule has 0 aliphatic carbocycles. The molecule has 0 spiro atoms. The van der Waals surface area contributed by atoms with Gasteiger partial charge in [-0.05, 0) is 124 Å². The second-order valence-electron chi connectivity index (χ2n) is 17.1. The summed E-state index contributed by atoms with van der Waals surface area (Å²) in [7, 11) is 0. The molecule has 2 heterocycles. The van der Waals surface area contributed by atoms with Crippen LogP contribution >= 0.6 is 0 Å². The molecule has 0 radical (unpaired) electrons. The molecule has 66 heavy (non-hydrogen) atoms. The Morgan fingerprint density at radius 2 is 1.00 bits per heavy atom. The van der Waals surface area contributed by atoms with Crippen molar-refractivity contribution in [2.24, 2.45) is 0 Å². The normalized spacial score (nSPS) is 17.7. The zero-order chi connectivity index (χ0) is 48.7. The largest absolute Gasteiger partial charge is 0.772 e. The molecule has 4 atom stereocenters. The molecule has 5 aromatic carbocycles. The maximum Gasteiger partial charge on any atom is 0.416 e. The summed E-state index contributed by atoms with van der Waals surface area (Å²) in [4.78, 5) is 26.5. The number of imide groups is 1. The fraction of sp³-hybridized carbons (Fsp3) is 0.385. The van der Waals surface area contributed by atoms with E-state index in [4.69, 9.17) is 9.47 Å². The Morgan fingerprint density at radius 1 is 0.621 bits per heavy atom. The van der Waals surface area contributed by atoms with Crippen LogP contribution in [0.25, 0.3) is 0 Å². The highest BCUT2D eigenvalue weighted by Crippen LogP contribution is 2.34. The molecule has 1 fully saturated rings. The minimum Gasteiger partial charge on any atom is -0.772 e. The number of amides is 2. The minimum atomic E-state index is -4.48. The predicted molar refractivity (Wildman–Crippen MR) is 254 cm³/mol. The Bertz CT molecular complexity index is 2340. The van der Waals surface area contributed by atoms with Crippen LogP contribution in [0.5, 0.6) is 5.75 Å². The van der Waals surface area contributed by atoms with Gasteiger partial charge in [-0.15, -0.1) is 0 Å². The highest BCUT2D eigenvalue weighted by Gasteiger charge is 2.37. The van der Waals surface area contributed by atoms with Crippen LogP contribution in [0.2, 0.25) is 0 Å². The van der Waals surface area contributed by atoms with Crippen LogP contribution in [0.3, 0.4) is 0 Å². The maximum atomic E-state index is 12.8. The number of rotatable bonds is 11. The first kappa shape index (κ1) is 53.6. The van der Waals surface area contributed by atoms with Crippen LogP contribution in [-0.4, -0.2) is 58.1 Å². The molecule has 1 saturated heterocycles. The average Bonchev–Trinajstić information content (AvgIpc) is 3.51. The molecule has 14 heteroatoms. The summed E-state index contributed by atoms with van der Waals surface area (Å²) >= 11 is -3.73. The van der Waals surface area contributed by atoms with Gasteiger partial charge in [-0.1, -0.05) is 128 Å². The van der Waals surface area contributed by atoms with Crippen molar-refractivity contribution < 1.29 is 49.8 Å². The summed E-state index contributed by atoms with van der Waals surface area (Å²) in [5.74, 6) is -0.0767. The number of carbonyl (C=O) groups excluding carboxylic acids is 2. The summed E-state index contributed by atoms with van der Waals surface area (Å²) in [6.45, 7) is 14.9. The van der Waals surface area contributed by atoms with Gasteiger partial charge in [0.2, 0.25) is 0 Å². The zero-order valence-corrected chi connectivity index (χ0v) is 40.4. The van der Waals surface area contributed by atoms with E-state index in [1.54, 1.807) is 39.8 Å². The Kier molecular flexibility index (Phi) is 20.5. The molecular weight excluding hydrogens is 888 g/mol. The Morgan fingerprint density at radius 3 is 1.41 bits per heavy atom. The van der Waals surface area contributed by atoms with Crippen molar-refractivity contribution in [1.29, 1.82) is 0 Å². The number of hydrogen-bond donors (Lipinski definition) is 0. The summed E-state index contributed by atoms with van der Waals surface area (Å²) < 4.78 is 89.0. The van der Waals surface area contributed by atoms with Crippen molar-refractivity contribution in [3.05, 3.63) is 165 Å². The topological polar surface area (TPSA) is 136 Å². The lowest BCUT2D eigenvalue weighted by Crippen LogP contribution is -2.35. The molecule has 9 nitrogen and oxygen atoms in total. The van der Waals surface area contributed by atoms with Crippen molar-refractivity contribution in [3.63, 3.8) is 0 Å². The Balaban J connectivity index is 0.000000235. The number of fused-ring (bicyclic) bond motifs is 1. The van der Waals surface area contributed by atoms with Crippen molar-refractivity contribution in [2.75, 3.05) is 4.90 Å². The van der Waals surface area contributed by atoms with Gasteiger partial charge in [-0.3, -0.25) is 18.0 Å². The molecule has 2 aliphatic rings. The lowest BCUT2D eigenvalue weighted by molar-refractivity contribution is -0.137. The van der Waals surface area contributed by atoms with Crippen molar-refractivity contribution >= 4 is 39.7 Å². The Labute approximate surface area is 392 Å². The van der Waals surface area contributed by atoms with Gasteiger partial charge in [0, 0.05) is 23.3 Å². The monoisotopic (exact) mass is 947 g/mol. The second kappa shape index (κ2) is 25.2. The molecular formula is C52H60F3NO8S2-2. The van der Waals surface area contributed by atoms with Crippen LogP contribution in [0.1, 0.15) is 114 Å². The number of nitrogens with zero attached hydrogens (tertiary/aromatic N) is 1. The SMILES string of the molecule is CC(C)S(=O)[O-].CC(C)S(=O)[O-].Cc1ccc(CCc2ccc(OC3CC(C)OC(C)C3)cc2)cc1.Cc1ccc(CCc2ccc3c(c2)C(=O)N(c2ccc(C(F)(F)F)cc2)C3=O)cc1. The first-order valence-corrected chi connectivity index (χ1v) is 24.3. The third-order valence-corrected chi connectivity index (χ3v) is 12.2. The van der Waals surface area contributed by atoms with Crippen LogP contribution in [0.4, 0.5) is 18.9 Å². The lowest BCUT2D eigenvalue weighted by Gasteiger charge is -2.32. The molecule has 5 aromatic rings. The summed E-state index contributed by atoms with van der Waals surface area (Å²) in [5, 5.41) is -0.463. The molecule has 0 bridgehead atoms. The number of aryl methyl sites for hydroxylation is 6. The Hall–Kier alpha value is -4.99. The predicted octanol–water partition coefficient (Wildman–Crippen LogP) is 11.3. The van der Waals surface area contributed by atoms with E-state index < -0.39 is 45.7 Å². The van der Waals surface area contributed by atoms with Gasteiger partial charge in [0.1, 0.15) is 11.9 Å². The van der Waals surface area contributed by atoms with Gasteiger partial charge in [0.25, 0.3) is 11.8 Å². The van der Waals surface area contributed by atoms with Crippen LogP contribution in [-0.2, 0) is 58.8 Å². The third-order valence-electron chi connectivity index (χ3n) is 10.7. The van der Waals surface area contributed by atoms with E-state index in [1.165, 1.54) is 27.8 Å². The molecule has 356 valence electrons. The van der Waals surface area contributed by atoms with E-state index in [0.29, 0.717) is 6.42 Å². The second-order valence-corrected chi connectivity index (χ2v) is 20.0. The van der Waals surface area contributed by atoms with Gasteiger partial charge in [0.05, 0.1) is 34.6 Å². The fourth-order valence-electron chi connectivity index (χ4n) is 6.93. The number of halogens is 3. The van der Waals surface area contributed by atoms with E-state index in [-0.39, 0.29) is 45.6 Å². The standard InChI is InChI=1S/C24H18F3NO2.C22H28O2.2C3H8O2S/c1-15-2-4-16(5-3-15)6-7-17-8-13-20-21(14-17)23(30)28(22(20)29)19-11-9-18(10-12-19)24(25,26)27;1-16-4-6-19(7-5-16)8-9-20-10-12-21(13-11-20)24-22-14-17(2)23-18(3)15-22;2*1-3(2)6(4)5/h2-5,8-14H,6-7H2,1H3;4-7,10-13,17-18,22H,8-9,14-15H2,1-3H3;2*3H,1-2H3,(H,4,5)/p-2. The minimum absolute atomic E-state index is 0.121. The first-order valence-electron chi connectivity index (χ1n) is 22.0. The summed E-state index contributed by atoms with van der Waals surface area (Å²) in [5.41, 5.74) is 7.18.